The largest absolute Gasteiger partial charge is 0.455 e. The van der Waals surface area contributed by atoms with E-state index in [1.807, 2.05) is 0 Å². The van der Waals surface area contributed by atoms with Crippen LogP contribution >= 0.6 is 0 Å². The summed E-state index contributed by atoms with van der Waals surface area (Å²) >= 11 is 0. The van der Waals surface area contributed by atoms with Gasteiger partial charge in [-0.2, -0.15) is 0 Å². The molecule has 0 saturated heterocycles. The minimum Gasteiger partial charge on any atom is -0.455 e. The molecule has 11 rings (SSSR count). The summed E-state index contributed by atoms with van der Waals surface area (Å²) in [6.45, 7) is 17.4. The molecule has 302 valence electrons. The molecule has 0 saturated carbocycles. The van der Waals surface area contributed by atoms with Crippen LogP contribution in [0.25, 0.3) is 65.4 Å². The van der Waals surface area contributed by atoms with E-state index in [1.54, 1.807) is 0 Å². The molecule has 0 aliphatic rings. The highest BCUT2D eigenvalue weighted by Crippen LogP contribution is 2.45. The fourth-order valence-corrected chi connectivity index (χ4v) is 9.27. The second-order valence-electron chi connectivity index (χ2n) is 17.5. The van der Waals surface area contributed by atoms with E-state index >= 15 is 0 Å². The lowest BCUT2D eigenvalue weighted by molar-refractivity contribution is 0.666. The summed E-state index contributed by atoms with van der Waals surface area (Å²) in [5.41, 5.74) is 20.4. The molecule has 4 heteroatoms. The van der Waals surface area contributed by atoms with Crippen molar-refractivity contribution in [3.05, 3.63) is 190 Å². The maximum Gasteiger partial charge on any atom is 0.147 e. The van der Waals surface area contributed by atoms with Crippen LogP contribution in [0.2, 0.25) is 0 Å². The van der Waals surface area contributed by atoms with Crippen LogP contribution in [0.5, 0.6) is 0 Å². The van der Waals surface area contributed by atoms with Gasteiger partial charge in [0.15, 0.2) is 0 Å². The Balaban J connectivity index is 1.04. The molecule has 0 aliphatic heterocycles. The third-order valence-corrected chi connectivity index (χ3v) is 13.5. The molecule has 62 heavy (non-hydrogen) atoms. The molecule has 2 aromatic heterocycles. The number of nitrogens with zero attached hydrogens (tertiary/aromatic N) is 2. The molecule has 11 aromatic rings. The summed E-state index contributed by atoms with van der Waals surface area (Å²) in [5.74, 6) is 0. The van der Waals surface area contributed by atoms with Crippen molar-refractivity contribution >= 4 is 99.5 Å². The Morgan fingerprint density at radius 3 is 1.05 bits per heavy atom. The van der Waals surface area contributed by atoms with Crippen LogP contribution in [0.4, 0.5) is 34.1 Å². The molecular formula is C58H48N2O2. The van der Waals surface area contributed by atoms with Crippen molar-refractivity contribution in [3.63, 3.8) is 0 Å². The Kier molecular flexibility index (Phi) is 8.59. The summed E-state index contributed by atoms with van der Waals surface area (Å²) in [7, 11) is 0. The van der Waals surface area contributed by atoms with Gasteiger partial charge in [0, 0.05) is 61.1 Å². The Labute approximate surface area is 362 Å². The topological polar surface area (TPSA) is 32.8 Å². The van der Waals surface area contributed by atoms with Crippen LogP contribution in [-0.2, 0) is 0 Å². The van der Waals surface area contributed by atoms with E-state index in [9.17, 15) is 0 Å². The van der Waals surface area contributed by atoms with Crippen LogP contribution in [0.15, 0.2) is 154 Å². The molecule has 0 aliphatic carbocycles. The van der Waals surface area contributed by atoms with E-state index < -0.39 is 0 Å². The average Bonchev–Trinajstić information content (AvgIpc) is 3.85. The van der Waals surface area contributed by atoms with Gasteiger partial charge in [-0.05, 0) is 220 Å². The molecule has 0 N–H and O–H groups in total. The average molecular weight is 805 g/mol. The molecule has 0 bridgehead atoms. The maximum atomic E-state index is 6.99. The predicted molar refractivity (Wildman–Crippen MR) is 263 cm³/mol. The number of hydrogen-bond acceptors (Lipinski definition) is 4. The molecule has 0 atom stereocenters. The third kappa shape index (κ3) is 5.96. The summed E-state index contributed by atoms with van der Waals surface area (Å²) in [4.78, 5) is 4.72. The van der Waals surface area contributed by atoms with Crippen molar-refractivity contribution in [1.82, 2.24) is 0 Å². The Hall–Kier alpha value is -7.30. The molecule has 9 aromatic carbocycles. The van der Waals surface area contributed by atoms with E-state index in [0.29, 0.717) is 0 Å². The molecule has 4 nitrogen and oxygen atoms in total. The lowest BCUT2D eigenvalue weighted by Crippen LogP contribution is -2.10. The zero-order valence-corrected chi connectivity index (χ0v) is 36.6. The number of hydrogen-bond donors (Lipinski definition) is 0. The van der Waals surface area contributed by atoms with Crippen LogP contribution in [-0.4, -0.2) is 0 Å². The van der Waals surface area contributed by atoms with Gasteiger partial charge in [0.1, 0.15) is 22.3 Å². The quantitative estimate of drug-likeness (QED) is 0.168. The minimum atomic E-state index is 0.819. The standard InChI is InChI=1S/C58H48N2O2/c1-33-9-15-43(27-37(33)5)59(44-16-10-34(2)38(6)28-44)47-19-23-49-41(31-47)13-21-51-52-25-26-54-55(58(52)62-56(49)51)53-22-14-42-32-48(20-24-50(42)57(53)61-54)60(45-17-11-35(3)39(7)29-45)46-18-12-36(4)40(8)30-46/h9-32H,1-8H3. The van der Waals surface area contributed by atoms with E-state index in [-0.39, 0.29) is 0 Å². The monoisotopic (exact) mass is 804 g/mol. The van der Waals surface area contributed by atoms with Gasteiger partial charge in [-0.15, -0.1) is 0 Å². The van der Waals surface area contributed by atoms with Crippen LogP contribution in [0.1, 0.15) is 44.5 Å². The van der Waals surface area contributed by atoms with Crippen molar-refractivity contribution in [1.29, 1.82) is 0 Å². The van der Waals surface area contributed by atoms with Crippen molar-refractivity contribution in [2.24, 2.45) is 0 Å². The van der Waals surface area contributed by atoms with Gasteiger partial charge in [0.25, 0.3) is 0 Å². The molecular weight excluding hydrogens is 757 g/mol. The molecule has 0 fully saturated rings. The number of furan rings is 2. The fraction of sp³-hybridized carbons (Fsp3) is 0.138. The second kappa shape index (κ2) is 14.1. The van der Waals surface area contributed by atoms with Gasteiger partial charge in [-0.1, -0.05) is 36.4 Å². The van der Waals surface area contributed by atoms with Crippen molar-refractivity contribution < 1.29 is 8.83 Å². The number of fused-ring (bicyclic) bond motifs is 11. The number of anilines is 6. The predicted octanol–water partition coefficient (Wildman–Crippen LogP) is 17.2. The number of benzene rings is 9. The van der Waals surface area contributed by atoms with Crippen LogP contribution in [0.3, 0.4) is 0 Å². The highest BCUT2D eigenvalue weighted by Gasteiger charge is 2.22. The van der Waals surface area contributed by atoms with Gasteiger partial charge in [0.2, 0.25) is 0 Å². The molecule has 2 heterocycles. The summed E-state index contributed by atoms with van der Waals surface area (Å²) in [6, 6.07) is 53.5. The summed E-state index contributed by atoms with van der Waals surface area (Å²) in [6.07, 6.45) is 0. The zero-order chi connectivity index (χ0) is 42.6. The molecule has 0 unspecified atom stereocenters. The third-order valence-electron chi connectivity index (χ3n) is 13.5. The van der Waals surface area contributed by atoms with E-state index in [0.717, 1.165) is 99.5 Å². The zero-order valence-electron chi connectivity index (χ0n) is 36.6. The van der Waals surface area contributed by atoms with Gasteiger partial charge < -0.3 is 18.6 Å². The molecule has 0 radical (unpaired) electrons. The first-order valence-electron chi connectivity index (χ1n) is 21.6. The Bertz CT molecular complexity index is 3540. The maximum absolute atomic E-state index is 6.99. The van der Waals surface area contributed by atoms with Crippen molar-refractivity contribution in [2.45, 2.75) is 55.4 Å². The van der Waals surface area contributed by atoms with Crippen molar-refractivity contribution in [3.8, 4) is 0 Å². The summed E-state index contributed by atoms with van der Waals surface area (Å²) < 4.78 is 13.8. The van der Waals surface area contributed by atoms with E-state index in [2.05, 4.69) is 211 Å². The number of aryl methyl sites for hydroxylation is 8. The molecule has 0 amide bonds. The SMILES string of the molecule is Cc1ccc(N(c2ccc(C)c(C)c2)c2ccc3c(ccc4c5ccc6oc7c8ccc(N(c9ccc(C)c(C)c9)c9ccc(C)c(C)c9)cc8ccc7c6c5oc34)c2)cc1C. The first kappa shape index (κ1) is 37.7. The van der Waals surface area contributed by atoms with Crippen LogP contribution in [0, 0.1) is 55.4 Å². The van der Waals surface area contributed by atoms with Crippen LogP contribution < -0.4 is 9.80 Å². The Morgan fingerprint density at radius 2 is 0.613 bits per heavy atom. The van der Waals surface area contributed by atoms with E-state index in [1.165, 1.54) is 44.5 Å². The number of rotatable bonds is 6. The highest BCUT2D eigenvalue weighted by atomic mass is 16.3. The van der Waals surface area contributed by atoms with Gasteiger partial charge in [-0.25, -0.2) is 0 Å². The lowest BCUT2D eigenvalue weighted by Gasteiger charge is -2.27. The smallest absolute Gasteiger partial charge is 0.147 e. The normalized spacial score (nSPS) is 11.9. The summed E-state index contributed by atoms with van der Waals surface area (Å²) in [5, 5.41) is 8.63. The first-order chi connectivity index (χ1) is 30.0. The van der Waals surface area contributed by atoms with E-state index in [4.69, 9.17) is 8.83 Å². The lowest BCUT2D eigenvalue weighted by atomic mass is 10.0. The van der Waals surface area contributed by atoms with Gasteiger partial charge in [0.05, 0.1) is 5.39 Å². The minimum absolute atomic E-state index is 0.819. The first-order valence-corrected chi connectivity index (χ1v) is 21.6. The van der Waals surface area contributed by atoms with Gasteiger partial charge >= 0.3 is 0 Å². The fourth-order valence-electron chi connectivity index (χ4n) is 9.27. The second-order valence-corrected chi connectivity index (χ2v) is 17.5. The molecule has 0 spiro atoms. The highest BCUT2D eigenvalue weighted by molar-refractivity contribution is 6.27. The van der Waals surface area contributed by atoms with Gasteiger partial charge in [-0.3, -0.25) is 0 Å². The van der Waals surface area contributed by atoms with Crippen molar-refractivity contribution in [2.75, 3.05) is 9.80 Å². The Morgan fingerprint density at radius 1 is 0.274 bits per heavy atom.